The second-order valence-corrected chi connectivity index (χ2v) is 7.69. The molecular weight excluding hydrogens is 332 g/mol. The zero-order valence-corrected chi connectivity index (χ0v) is 16.4. The van der Waals surface area contributed by atoms with Gasteiger partial charge in [0.1, 0.15) is 11.6 Å². The Bertz CT molecular complexity index is 444. The van der Waals surface area contributed by atoms with Gasteiger partial charge in [-0.15, -0.1) is 11.6 Å². The van der Waals surface area contributed by atoms with E-state index < -0.39 is 29.1 Å². The normalized spacial score (nSPS) is 13.1. The van der Waals surface area contributed by atoms with Crippen LogP contribution in [0, 0.1) is 10.8 Å². The molecule has 0 aliphatic heterocycles. The molecule has 0 radical (unpaired) electrons. The molecule has 0 saturated carbocycles. The Morgan fingerprint density at radius 2 is 1.79 bits per heavy atom. The quantitative estimate of drug-likeness (QED) is 0.282. The average Bonchev–Trinajstić information content (AvgIpc) is 2.43. The second kappa shape index (κ2) is 9.87. The first kappa shape index (κ1) is 22.7. The standard InChI is InChI=1S/C17H31ClN2O4/c1-7-8-9-23-14(21)12(10-17(5,6)13(19)11-18)20-15(22)24-16(2,3)4/h12,19H,7-11H2,1-6H3,(H,20,22)/t12-/m0/s1. The fourth-order valence-electron chi connectivity index (χ4n) is 1.88. The van der Waals surface area contributed by atoms with Crippen LogP contribution in [0.3, 0.4) is 0 Å². The van der Waals surface area contributed by atoms with Gasteiger partial charge in [-0.2, -0.15) is 0 Å². The lowest BCUT2D eigenvalue weighted by atomic mass is 9.81. The number of alkyl halides is 1. The fourth-order valence-corrected chi connectivity index (χ4v) is 2.24. The Morgan fingerprint density at radius 3 is 2.25 bits per heavy atom. The SMILES string of the molecule is CCCCOC(=O)[C@H](CC(C)(C)C(=N)CCl)NC(=O)OC(C)(C)C. The van der Waals surface area contributed by atoms with E-state index in [2.05, 4.69) is 5.32 Å². The van der Waals surface area contributed by atoms with Crippen molar-refractivity contribution < 1.29 is 19.1 Å². The van der Waals surface area contributed by atoms with Crippen LogP contribution in [0.15, 0.2) is 0 Å². The van der Waals surface area contributed by atoms with Crippen molar-refractivity contribution >= 4 is 29.4 Å². The molecule has 6 nitrogen and oxygen atoms in total. The summed E-state index contributed by atoms with van der Waals surface area (Å²) in [5.41, 5.74) is -1.02. The highest BCUT2D eigenvalue weighted by Gasteiger charge is 2.34. The molecule has 0 aromatic rings. The number of nitrogens with one attached hydrogen (secondary N) is 2. The first-order valence-electron chi connectivity index (χ1n) is 8.23. The molecule has 0 aromatic carbocycles. The van der Waals surface area contributed by atoms with Gasteiger partial charge in [-0.05, 0) is 33.6 Å². The van der Waals surface area contributed by atoms with E-state index in [1.165, 1.54) is 0 Å². The van der Waals surface area contributed by atoms with E-state index in [1.807, 2.05) is 6.92 Å². The molecule has 0 aliphatic carbocycles. The molecule has 1 atom stereocenters. The number of ether oxygens (including phenoxy) is 2. The Balaban J connectivity index is 5.04. The number of rotatable bonds is 9. The molecule has 0 fully saturated rings. The number of halogens is 1. The number of unbranched alkanes of at least 4 members (excludes halogenated alkanes) is 1. The summed E-state index contributed by atoms with van der Waals surface area (Å²) in [7, 11) is 0. The van der Waals surface area contributed by atoms with E-state index in [4.69, 9.17) is 26.5 Å². The summed E-state index contributed by atoms with van der Waals surface area (Å²) in [4.78, 5) is 24.3. The average molecular weight is 363 g/mol. The molecule has 2 N–H and O–H groups in total. The van der Waals surface area contributed by atoms with Gasteiger partial charge in [-0.3, -0.25) is 0 Å². The van der Waals surface area contributed by atoms with Crippen LogP contribution >= 0.6 is 11.6 Å². The first-order valence-corrected chi connectivity index (χ1v) is 8.76. The maximum atomic E-state index is 12.3. The molecule has 0 aliphatic rings. The minimum Gasteiger partial charge on any atom is -0.464 e. The van der Waals surface area contributed by atoms with Gasteiger partial charge >= 0.3 is 12.1 Å². The summed E-state index contributed by atoms with van der Waals surface area (Å²) < 4.78 is 10.4. The van der Waals surface area contributed by atoms with Crippen molar-refractivity contribution in [2.75, 3.05) is 12.5 Å². The van der Waals surface area contributed by atoms with Crippen molar-refractivity contribution in [1.82, 2.24) is 5.32 Å². The molecule has 0 spiro atoms. The van der Waals surface area contributed by atoms with Crippen molar-refractivity contribution in [3.8, 4) is 0 Å². The highest BCUT2D eigenvalue weighted by molar-refractivity contribution is 6.28. The van der Waals surface area contributed by atoms with Crippen LogP contribution in [0.4, 0.5) is 4.79 Å². The smallest absolute Gasteiger partial charge is 0.408 e. The molecule has 0 unspecified atom stereocenters. The summed E-state index contributed by atoms with van der Waals surface area (Å²) in [6.07, 6.45) is 1.18. The number of alkyl carbamates (subject to hydrolysis) is 1. The van der Waals surface area contributed by atoms with Crippen LogP contribution in [-0.2, 0) is 14.3 Å². The Hall–Kier alpha value is -1.30. The Kier molecular flexibility index (Phi) is 9.33. The largest absolute Gasteiger partial charge is 0.464 e. The zero-order valence-electron chi connectivity index (χ0n) is 15.6. The minimum absolute atomic E-state index is 0.0665. The lowest BCUT2D eigenvalue weighted by Gasteiger charge is -2.30. The lowest BCUT2D eigenvalue weighted by molar-refractivity contribution is -0.147. The van der Waals surface area contributed by atoms with Gasteiger partial charge in [-0.25, -0.2) is 9.59 Å². The van der Waals surface area contributed by atoms with E-state index in [1.54, 1.807) is 34.6 Å². The lowest BCUT2D eigenvalue weighted by Crippen LogP contribution is -2.47. The molecule has 140 valence electrons. The first-order chi connectivity index (χ1) is 10.9. The van der Waals surface area contributed by atoms with Crippen LogP contribution in [0.25, 0.3) is 0 Å². The van der Waals surface area contributed by atoms with Crippen molar-refractivity contribution in [3.05, 3.63) is 0 Å². The third-order valence-electron chi connectivity index (χ3n) is 3.38. The fraction of sp³-hybridized carbons (Fsp3) is 0.824. The van der Waals surface area contributed by atoms with Crippen LogP contribution < -0.4 is 5.32 Å². The number of carbonyl (C=O) groups excluding carboxylic acids is 2. The van der Waals surface area contributed by atoms with Crippen LogP contribution in [0.1, 0.15) is 60.8 Å². The maximum Gasteiger partial charge on any atom is 0.408 e. The molecule has 0 saturated heterocycles. The van der Waals surface area contributed by atoms with Gasteiger partial charge in [0.2, 0.25) is 0 Å². The van der Waals surface area contributed by atoms with Gasteiger partial charge in [0.05, 0.1) is 12.5 Å². The van der Waals surface area contributed by atoms with E-state index >= 15 is 0 Å². The van der Waals surface area contributed by atoms with Gasteiger partial charge < -0.3 is 20.2 Å². The summed E-state index contributed by atoms with van der Waals surface area (Å²) in [5.74, 6) is -0.457. The third-order valence-corrected chi connectivity index (χ3v) is 3.65. The molecule has 0 heterocycles. The number of hydrogen-bond acceptors (Lipinski definition) is 5. The highest BCUT2D eigenvalue weighted by Crippen LogP contribution is 2.25. The monoisotopic (exact) mass is 362 g/mol. The summed E-state index contributed by atoms with van der Waals surface area (Å²) in [6, 6.07) is -0.893. The van der Waals surface area contributed by atoms with Crippen LogP contribution in [0.2, 0.25) is 0 Å². The maximum absolute atomic E-state index is 12.3. The molecule has 24 heavy (non-hydrogen) atoms. The number of esters is 1. The Morgan fingerprint density at radius 1 is 1.21 bits per heavy atom. The minimum atomic E-state index is -0.893. The zero-order chi connectivity index (χ0) is 19.0. The molecule has 7 heteroatoms. The van der Waals surface area contributed by atoms with E-state index in [9.17, 15) is 9.59 Å². The van der Waals surface area contributed by atoms with Gasteiger partial charge in [0.25, 0.3) is 0 Å². The number of hydrogen-bond donors (Lipinski definition) is 2. The van der Waals surface area contributed by atoms with E-state index in [-0.39, 0.29) is 12.3 Å². The molecule has 1 amide bonds. The predicted octanol–water partition coefficient (Wildman–Crippen LogP) is 3.90. The predicted molar refractivity (Wildman–Crippen MR) is 95.9 cm³/mol. The molecular formula is C17H31ClN2O4. The van der Waals surface area contributed by atoms with Crippen molar-refractivity contribution in [2.24, 2.45) is 5.41 Å². The van der Waals surface area contributed by atoms with Gasteiger partial charge in [0, 0.05) is 11.1 Å². The third kappa shape index (κ3) is 9.11. The van der Waals surface area contributed by atoms with E-state index in [0.29, 0.717) is 12.3 Å². The van der Waals surface area contributed by atoms with Crippen LogP contribution in [-0.4, -0.2) is 41.9 Å². The highest BCUT2D eigenvalue weighted by atomic mass is 35.5. The number of amides is 1. The van der Waals surface area contributed by atoms with Crippen molar-refractivity contribution in [1.29, 1.82) is 5.41 Å². The van der Waals surface area contributed by atoms with Gasteiger partial charge in [0.15, 0.2) is 0 Å². The van der Waals surface area contributed by atoms with Gasteiger partial charge in [-0.1, -0.05) is 27.2 Å². The summed E-state index contributed by atoms with van der Waals surface area (Å²) in [5, 5.41) is 10.5. The number of carbonyl (C=O) groups is 2. The Labute approximate surface area is 150 Å². The van der Waals surface area contributed by atoms with Crippen molar-refractivity contribution in [2.45, 2.75) is 72.4 Å². The molecule has 0 aromatic heterocycles. The molecule has 0 bridgehead atoms. The summed E-state index contributed by atoms with van der Waals surface area (Å²) >= 11 is 5.74. The second-order valence-electron chi connectivity index (χ2n) is 7.42. The summed E-state index contributed by atoms with van der Waals surface area (Å²) in [6.45, 7) is 11.1. The van der Waals surface area contributed by atoms with E-state index in [0.717, 1.165) is 12.8 Å². The topological polar surface area (TPSA) is 88.5 Å². The van der Waals surface area contributed by atoms with Crippen molar-refractivity contribution in [3.63, 3.8) is 0 Å². The molecule has 0 rings (SSSR count). The van der Waals surface area contributed by atoms with Crippen LogP contribution in [0.5, 0.6) is 0 Å².